The Labute approximate surface area is 114 Å². The third-order valence-electron chi connectivity index (χ3n) is 3.13. The first-order chi connectivity index (χ1) is 9.06. The van der Waals surface area contributed by atoms with Crippen LogP contribution in [0.4, 0.5) is 0 Å². The molecule has 1 heterocycles. The van der Waals surface area contributed by atoms with Crippen molar-refractivity contribution in [3.8, 4) is 0 Å². The van der Waals surface area contributed by atoms with Gasteiger partial charge in [-0.15, -0.1) is 0 Å². The van der Waals surface area contributed by atoms with E-state index in [1.165, 1.54) is 0 Å². The molecule has 102 valence electrons. The normalized spacial score (nSPS) is 13.1. The minimum absolute atomic E-state index is 0.468. The van der Waals surface area contributed by atoms with Gasteiger partial charge in [0.15, 0.2) is 0 Å². The van der Waals surface area contributed by atoms with E-state index in [1.807, 2.05) is 31.2 Å². The van der Waals surface area contributed by atoms with Crippen molar-refractivity contribution in [3.05, 3.63) is 41.6 Å². The minimum Gasteiger partial charge on any atom is -0.387 e. The van der Waals surface area contributed by atoms with Gasteiger partial charge >= 0.3 is 0 Å². The average molecular weight is 258 g/mol. The maximum Gasteiger partial charge on any atom is 0.0914 e. The molecule has 3 heteroatoms. The standard InChI is InChI=1S/C16H22N2O/c1-11(2)9-17-10-16(19)14-6-7-15-13(8-14)5-4-12(3)18-15/h4-8,11,16-17,19H,9-10H2,1-3H3. The maximum atomic E-state index is 10.2. The Hall–Kier alpha value is -1.45. The predicted octanol–water partition coefficient (Wildman–Crippen LogP) is 2.82. The average Bonchev–Trinajstić information content (AvgIpc) is 2.37. The Morgan fingerprint density at radius 1 is 1.16 bits per heavy atom. The highest BCUT2D eigenvalue weighted by atomic mass is 16.3. The fourth-order valence-corrected chi connectivity index (χ4v) is 2.08. The van der Waals surface area contributed by atoms with Crippen molar-refractivity contribution >= 4 is 10.9 Å². The molecule has 19 heavy (non-hydrogen) atoms. The Morgan fingerprint density at radius 3 is 2.68 bits per heavy atom. The second-order valence-corrected chi connectivity index (χ2v) is 5.47. The van der Waals surface area contributed by atoms with Crippen molar-refractivity contribution in [3.63, 3.8) is 0 Å². The number of aliphatic hydroxyl groups excluding tert-OH is 1. The molecular formula is C16H22N2O. The van der Waals surface area contributed by atoms with E-state index in [4.69, 9.17) is 0 Å². The molecule has 0 fully saturated rings. The summed E-state index contributed by atoms with van der Waals surface area (Å²) in [5.41, 5.74) is 2.93. The van der Waals surface area contributed by atoms with Gasteiger partial charge in [0, 0.05) is 17.6 Å². The van der Waals surface area contributed by atoms with Crippen LogP contribution in [0.5, 0.6) is 0 Å². The highest BCUT2D eigenvalue weighted by molar-refractivity contribution is 5.79. The number of aryl methyl sites for hydroxylation is 1. The number of pyridine rings is 1. The van der Waals surface area contributed by atoms with Crippen molar-refractivity contribution in [2.45, 2.75) is 26.9 Å². The van der Waals surface area contributed by atoms with Crippen LogP contribution in [0.25, 0.3) is 10.9 Å². The molecule has 1 aromatic heterocycles. The summed E-state index contributed by atoms with van der Waals surface area (Å²) in [4.78, 5) is 4.46. The van der Waals surface area contributed by atoms with E-state index >= 15 is 0 Å². The molecule has 0 aliphatic carbocycles. The second-order valence-electron chi connectivity index (χ2n) is 5.47. The summed E-state index contributed by atoms with van der Waals surface area (Å²) in [5, 5.41) is 14.5. The fraction of sp³-hybridized carbons (Fsp3) is 0.438. The van der Waals surface area contributed by atoms with Crippen LogP contribution in [0.3, 0.4) is 0 Å². The zero-order chi connectivity index (χ0) is 13.8. The van der Waals surface area contributed by atoms with Gasteiger partial charge < -0.3 is 10.4 Å². The summed E-state index contributed by atoms with van der Waals surface area (Å²) in [6.07, 6.45) is -0.468. The lowest BCUT2D eigenvalue weighted by molar-refractivity contribution is 0.173. The summed E-state index contributed by atoms with van der Waals surface area (Å²) < 4.78 is 0. The predicted molar refractivity (Wildman–Crippen MR) is 79.1 cm³/mol. The molecule has 3 nitrogen and oxygen atoms in total. The number of benzene rings is 1. The number of aromatic nitrogens is 1. The number of fused-ring (bicyclic) bond motifs is 1. The van der Waals surface area contributed by atoms with Crippen LogP contribution < -0.4 is 5.32 Å². The van der Waals surface area contributed by atoms with Crippen LogP contribution in [0, 0.1) is 12.8 Å². The first-order valence-corrected chi connectivity index (χ1v) is 6.82. The molecule has 1 atom stereocenters. The molecule has 2 N–H and O–H groups in total. The van der Waals surface area contributed by atoms with Gasteiger partial charge in [-0.3, -0.25) is 4.98 Å². The lowest BCUT2D eigenvalue weighted by Gasteiger charge is -2.14. The third-order valence-corrected chi connectivity index (χ3v) is 3.13. The number of hydrogen-bond donors (Lipinski definition) is 2. The van der Waals surface area contributed by atoms with Crippen LogP contribution in [0.1, 0.15) is 31.2 Å². The summed E-state index contributed by atoms with van der Waals surface area (Å²) >= 11 is 0. The first-order valence-electron chi connectivity index (χ1n) is 6.82. The number of aliphatic hydroxyl groups is 1. The van der Waals surface area contributed by atoms with Gasteiger partial charge in [-0.05, 0) is 43.1 Å². The van der Waals surface area contributed by atoms with Gasteiger partial charge in [-0.2, -0.15) is 0 Å². The van der Waals surface area contributed by atoms with Crippen LogP contribution in [-0.2, 0) is 0 Å². The highest BCUT2D eigenvalue weighted by Gasteiger charge is 2.08. The monoisotopic (exact) mass is 258 g/mol. The van der Waals surface area contributed by atoms with Gasteiger partial charge in [0.05, 0.1) is 11.6 Å². The topological polar surface area (TPSA) is 45.1 Å². The molecule has 0 saturated heterocycles. The molecule has 0 bridgehead atoms. The number of nitrogens with one attached hydrogen (secondary N) is 1. The number of rotatable bonds is 5. The Morgan fingerprint density at radius 2 is 1.95 bits per heavy atom. The highest BCUT2D eigenvalue weighted by Crippen LogP contribution is 2.19. The molecule has 0 radical (unpaired) electrons. The molecule has 1 aromatic carbocycles. The Bertz CT molecular complexity index is 551. The van der Waals surface area contributed by atoms with Gasteiger partial charge in [-0.25, -0.2) is 0 Å². The molecule has 0 amide bonds. The fourth-order valence-electron chi connectivity index (χ4n) is 2.08. The van der Waals surface area contributed by atoms with E-state index in [0.717, 1.165) is 28.7 Å². The van der Waals surface area contributed by atoms with E-state index in [1.54, 1.807) is 0 Å². The van der Waals surface area contributed by atoms with Crippen LogP contribution in [0.15, 0.2) is 30.3 Å². The van der Waals surface area contributed by atoms with Crippen LogP contribution in [0.2, 0.25) is 0 Å². The van der Waals surface area contributed by atoms with Crippen molar-refractivity contribution in [1.82, 2.24) is 10.3 Å². The van der Waals surface area contributed by atoms with Crippen LogP contribution >= 0.6 is 0 Å². The molecule has 0 spiro atoms. The molecule has 2 rings (SSSR count). The molecule has 0 aliphatic rings. The molecule has 0 saturated carbocycles. The van der Waals surface area contributed by atoms with E-state index < -0.39 is 6.10 Å². The Kier molecular flexibility index (Phi) is 4.51. The van der Waals surface area contributed by atoms with Crippen LogP contribution in [-0.4, -0.2) is 23.2 Å². The van der Waals surface area contributed by atoms with Gasteiger partial charge in [0.25, 0.3) is 0 Å². The zero-order valence-corrected chi connectivity index (χ0v) is 11.9. The van der Waals surface area contributed by atoms with E-state index in [2.05, 4.69) is 30.2 Å². The lowest BCUT2D eigenvalue weighted by atomic mass is 10.1. The van der Waals surface area contributed by atoms with Crippen molar-refractivity contribution in [2.24, 2.45) is 5.92 Å². The molecule has 1 unspecified atom stereocenters. The summed E-state index contributed by atoms with van der Waals surface area (Å²) in [6, 6.07) is 9.99. The number of hydrogen-bond acceptors (Lipinski definition) is 3. The maximum absolute atomic E-state index is 10.2. The number of nitrogens with zero attached hydrogens (tertiary/aromatic N) is 1. The van der Waals surface area contributed by atoms with E-state index in [9.17, 15) is 5.11 Å². The van der Waals surface area contributed by atoms with Gasteiger partial charge in [-0.1, -0.05) is 26.0 Å². The smallest absolute Gasteiger partial charge is 0.0914 e. The summed E-state index contributed by atoms with van der Waals surface area (Å²) in [7, 11) is 0. The zero-order valence-electron chi connectivity index (χ0n) is 11.9. The third kappa shape index (κ3) is 3.75. The quantitative estimate of drug-likeness (QED) is 0.867. The minimum atomic E-state index is -0.468. The Balaban J connectivity index is 2.09. The lowest BCUT2D eigenvalue weighted by Crippen LogP contribution is -2.25. The van der Waals surface area contributed by atoms with E-state index in [0.29, 0.717) is 12.5 Å². The van der Waals surface area contributed by atoms with Crippen molar-refractivity contribution in [1.29, 1.82) is 0 Å². The molecular weight excluding hydrogens is 236 g/mol. The van der Waals surface area contributed by atoms with Crippen molar-refractivity contribution in [2.75, 3.05) is 13.1 Å². The SMILES string of the molecule is Cc1ccc2cc(C(O)CNCC(C)C)ccc2n1. The van der Waals surface area contributed by atoms with E-state index in [-0.39, 0.29) is 0 Å². The van der Waals surface area contributed by atoms with Gasteiger partial charge in [0.2, 0.25) is 0 Å². The molecule has 0 aliphatic heterocycles. The summed E-state index contributed by atoms with van der Waals surface area (Å²) in [6.45, 7) is 7.80. The molecule has 2 aromatic rings. The second kappa shape index (κ2) is 6.13. The van der Waals surface area contributed by atoms with Crippen molar-refractivity contribution < 1.29 is 5.11 Å². The largest absolute Gasteiger partial charge is 0.387 e. The summed E-state index contributed by atoms with van der Waals surface area (Å²) in [5.74, 6) is 0.593. The first kappa shape index (κ1) is 14.0. The van der Waals surface area contributed by atoms with Gasteiger partial charge in [0.1, 0.15) is 0 Å².